The molecule has 0 heterocycles. The molecule has 0 spiro atoms. The van der Waals surface area contributed by atoms with Crippen LogP contribution in [0, 0.1) is 0 Å². The van der Waals surface area contributed by atoms with E-state index >= 15 is 0 Å². The van der Waals surface area contributed by atoms with Gasteiger partial charge in [0.15, 0.2) is 0 Å². The van der Waals surface area contributed by atoms with Crippen molar-refractivity contribution in [3.8, 4) is 0 Å². The minimum Gasteiger partial charge on any atom is -0.465 e. The van der Waals surface area contributed by atoms with E-state index < -0.39 is 15.9 Å². The summed E-state index contributed by atoms with van der Waals surface area (Å²) in [7, 11) is -1.11. The Kier molecular flexibility index (Phi) is 3.06. The summed E-state index contributed by atoms with van der Waals surface area (Å²) in [5.74, 6) is -0.440. The number of methoxy groups -OCH3 is 1. The van der Waals surface area contributed by atoms with E-state index in [1.54, 1.807) is 36.8 Å². The largest absolute Gasteiger partial charge is 0.465 e. The lowest BCUT2D eigenvalue weighted by atomic mass is 10.2. The summed E-state index contributed by atoms with van der Waals surface area (Å²) in [6.45, 7) is 0. The van der Waals surface area contributed by atoms with Crippen molar-refractivity contribution in [2.24, 2.45) is 0 Å². The first-order valence-corrected chi connectivity index (χ1v) is 6.80. The van der Waals surface area contributed by atoms with Gasteiger partial charge in [-0.05, 0) is 24.6 Å². The Morgan fingerprint density at radius 3 is 2.36 bits per heavy atom. The van der Waals surface area contributed by atoms with E-state index in [9.17, 15) is 9.00 Å². The average Bonchev–Trinajstić information content (AvgIpc) is 2.15. The Hall–Kier alpha value is -1.16. The van der Waals surface area contributed by atoms with E-state index in [1.807, 2.05) is 0 Å². The third-order valence-corrected chi connectivity index (χ3v) is 3.44. The minimum absolute atomic E-state index is 0.392. The summed E-state index contributed by atoms with van der Waals surface area (Å²) >= 11 is 0. The Labute approximate surface area is 84.5 Å². The van der Waals surface area contributed by atoms with E-state index in [2.05, 4.69) is 4.74 Å². The Morgan fingerprint density at radius 1 is 1.29 bits per heavy atom. The summed E-state index contributed by atoms with van der Waals surface area (Å²) in [4.78, 5) is 11.9. The summed E-state index contributed by atoms with van der Waals surface area (Å²) in [5, 5.41) is 0. The Morgan fingerprint density at radius 2 is 1.86 bits per heavy atom. The van der Waals surface area contributed by atoms with Crippen molar-refractivity contribution in [1.29, 1.82) is 0 Å². The molecule has 1 aromatic carbocycles. The van der Waals surface area contributed by atoms with Crippen LogP contribution in [0.2, 0.25) is 0 Å². The van der Waals surface area contributed by atoms with Gasteiger partial charge < -0.3 is 4.74 Å². The quantitative estimate of drug-likeness (QED) is 0.592. The van der Waals surface area contributed by atoms with Gasteiger partial charge >= 0.3 is 5.97 Å². The summed E-state index contributed by atoms with van der Waals surface area (Å²) in [6, 6.07) is 6.82. The van der Waals surface area contributed by atoms with Crippen molar-refractivity contribution in [2.75, 3.05) is 19.6 Å². The zero-order valence-corrected chi connectivity index (χ0v) is 9.38. The van der Waals surface area contributed by atoms with Crippen molar-refractivity contribution in [1.82, 2.24) is 0 Å². The molecule has 0 unspecified atom stereocenters. The standard InChI is InChI=1S/C10H14O3S/c1-13-10(11)8-6-4-5-7-9(8)14(2,3)12/h4-7,14H,1-3H3. The van der Waals surface area contributed by atoms with E-state index in [1.165, 1.54) is 7.11 Å². The highest BCUT2D eigenvalue weighted by molar-refractivity contribution is 8.01. The predicted octanol–water partition coefficient (Wildman–Crippen LogP) is 1.11. The van der Waals surface area contributed by atoms with Gasteiger partial charge in [-0.1, -0.05) is 22.1 Å². The molecule has 1 rings (SSSR count). The van der Waals surface area contributed by atoms with Crippen molar-refractivity contribution < 1.29 is 13.7 Å². The summed E-state index contributed by atoms with van der Waals surface area (Å²) in [5.41, 5.74) is 0.392. The molecule has 78 valence electrons. The van der Waals surface area contributed by atoms with Crippen LogP contribution in [-0.2, 0) is 14.7 Å². The van der Waals surface area contributed by atoms with Crippen molar-refractivity contribution in [3.63, 3.8) is 0 Å². The Bertz CT molecular complexity index is 392. The molecule has 0 aliphatic heterocycles. The van der Waals surface area contributed by atoms with Crippen molar-refractivity contribution >= 4 is 15.9 Å². The van der Waals surface area contributed by atoms with Gasteiger partial charge in [0.2, 0.25) is 0 Å². The number of esters is 1. The van der Waals surface area contributed by atoms with Gasteiger partial charge in [-0.25, -0.2) is 4.79 Å². The molecule has 0 N–H and O–H groups in total. The first-order chi connectivity index (χ1) is 6.46. The lowest BCUT2D eigenvalue weighted by molar-refractivity contribution is 0.0596. The molecule has 4 heteroatoms. The lowest BCUT2D eigenvalue weighted by Gasteiger charge is -2.15. The highest BCUT2D eigenvalue weighted by atomic mass is 32.2. The third kappa shape index (κ3) is 2.20. The molecule has 0 atom stereocenters. The predicted molar refractivity (Wildman–Crippen MR) is 57.4 cm³/mol. The first-order valence-electron chi connectivity index (χ1n) is 4.19. The van der Waals surface area contributed by atoms with Crippen LogP contribution in [-0.4, -0.2) is 29.8 Å². The van der Waals surface area contributed by atoms with Gasteiger partial charge in [-0.2, -0.15) is 0 Å². The number of rotatable bonds is 2. The molecule has 0 fully saturated rings. The smallest absolute Gasteiger partial charge is 0.339 e. The number of carbonyl (C=O) groups excluding carboxylic acids is 1. The molecule has 0 saturated carbocycles. The van der Waals surface area contributed by atoms with Crippen LogP contribution >= 0.6 is 0 Å². The molecule has 0 radical (unpaired) electrons. The fraction of sp³-hybridized carbons (Fsp3) is 0.300. The molecule has 0 aliphatic rings. The number of benzene rings is 1. The molecule has 0 bridgehead atoms. The maximum atomic E-state index is 11.8. The van der Waals surface area contributed by atoms with Crippen molar-refractivity contribution in [3.05, 3.63) is 29.8 Å². The molecule has 0 amide bonds. The molecule has 0 saturated heterocycles. The average molecular weight is 214 g/mol. The fourth-order valence-electron chi connectivity index (χ4n) is 1.23. The molecule has 14 heavy (non-hydrogen) atoms. The maximum Gasteiger partial charge on any atom is 0.339 e. The normalized spacial score (nSPS) is 12.2. The van der Waals surface area contributed by atoms with Gasteiger partial charge in [0.05, 0.1) is 12.7 Å². The van der Waals surface area contributed by atoms with E-state index in [0.29, 0.717) is 10.5 Å². The second kappa shape index (κ2) is 3.92. The molecular weight excluding hydrogens is 200 g/mol. The van der Waals surface area contributed by atoms with Crippen LogP contribution in [0.25, 0.3) is 0 Å². The van der Waals surface area contributed by atoms with Crippen LogP contribution in [0.4, 0.5) is 0 Å². The second-order valence-corrected chi connectivity index (χ2v) is 6.54. The van der Waals surface area contributed by atoms with Crippen LogP contribution in [0.1, 0.15) is 10.4 Å². The zero-order valence-electron chi connectivity index (χ0n) is 8.48. The number of carbonyl (C=O) groups is 1. The van der Waals surface area contributed by atoms with Crippen molar-refractivity contribution in [2.45, 2.75) is 4.90 Å². The molecule has 3 nitrogen and oxygen atoms in total. The first kappa shape index (κ1) is 10.9. The van der Waals surface area contributed by atoms with Gasteiger partial charge in [-0.15, -0.1) is 0 Å². The highest BCUT2D eigenvalue weighted by Gasteiger charge is 2.16. The monoisotopic (exact) mass is 214 g/mol. The zero-order chi connectivity index (χ0) is 10.8. The molecule has 0 aromatic heterocycles. The summed E-state index contributed by atoms with van der Waals surface area (Å²) < 4.78 is 16.5. The van der Waals surface area contributed by atoms with Gasteiger partial charge in [0, 0.05) is 4.90 Å². The van der Waals surface area contributed by atoms with Crippen LogP contribution in [0.15, 0.2) is 29.2 Å². The molecule has 0 aliphatic carbocycles. The van der Waals surface area contributed by atoms with Gasteiger partial charge in [-0.3, -0.25) is 4.21 Å². The maximum absolute atomic E-state index is 11.8. The minimum atomic E-state index is -2.42. The van der Waals surface area contributed by atoms with E-state index in [-0.39, 0.29) is 0 Å². The van der Waals surface area contributed by atoms with Crippen LogP contribution in [0.3, 0.4) is 0 Å². The number of hydrogen-bond donors (Lipinski definition) is 1. The molecular formula is C10H14O3S. The third-order valence-electron chi connectivity index (χ3n) is 1.89. The second-order valence-electron chi connectivity index (χ2n) is 3.36. The SMILES string of the molecule is COC(=O)c1ccccc1[SH](C)(C)=O. The van der Waals surface area contributed by atoms with Crippen LogP contribution < -0.4 is 0 Å². The number of hydrogen-bond acceptors (Lipinski definition) is 3. The Balaban J connectivity index is 3.30. The number of ether oxygens (including phenoxy) is 1. The van der Waals surface area contributed by atoms with Crippen LogP contribution in [0.5, 0.6) is 0 Å². The topological polar surface area (TPSA) is 43.4 Å². The van der Waals surface area contributed by atoms with Gasteiger partial charge in [0.25, 0.3) is 0 Å². The summed E-state index contributed by atoms with van der Waals surface area (Å²) in [6.07, 6.45) is 3.27. The number of thiol groups is 1. The lowest BCUT2D eigenvalue weighted by Crippen LogP contribution is -2.13. The highest BCUT2D eigenvalue weighted by Crippen LogP contribution is 2.19. The molecule has 1 aromatic rings. The van der Waals surface area contributed by atoms with E-state index in [0.717, 1.165) is 0 Å². The van der Waals surface area contributed by atoms with Gasteiger partial charge in [0.1, 0.15) is 0 Å². The van der Waals surface area contributed by atoms with E-state index in [4.69, 9.17) is 0 Å². The fourth-order valence-corrected chi connectivity index (χ4v) is 2.42.